The molecule has 5 N–H and O–H groups in total. The van der Waals surface area contributed by atoms with Crippen LogP contribution in [0.3, 0.4) is 0 Å². The molecule has 1 aromatic heterocycles. The van der Waals surface area contributed by atoms with E-state index in [2.05, 4.69) is 37.1 Å². The Hall–Kier alpha value is -1.58. The monoisotopic (exact) mass is 291 g/mol. The summed E-state index contributed by atoms with van der Waals surface area (Å²) in [6, 6.07) is 3.58. The maximum Gasteiger partial charge on any atom is 0.242 e. The van der Waals surface area contributed by atoms with Crippen LogP contribution in [0.4, 0.5) is 0 Å². The number of aromatic nitrogens is 1. The highest BCUT2D eigenvalue weighted by Gasteiger charge is 2.30. The van der Waals surface area contributed by atoms with E-state index < -0.39 is 0 Å². The summed E-state index contributed by atoms with van der Waals surface area (Å²) in [7, 11) is 0. The Morgan fingerprint density at radius 2 is 2.14 bits per heavy atom. The summed E-state index contributed by atoms with van der Waals surface area (Å²) < 4.78 is 0. The standard InChI is InChI=1S/C13H21N7O/c21-13(15-9-11-16-18-19-17-11)12(20-6-1-2-7-20)10-4-3-5-14-8-10/h3-5,8,11-12,16-19H,1-2,6-7,9H2,(H,15,21). The van der Waals surface area contributed by atoms with Gasteiger partial charge in [-0.25, -0.2) is 10.9 Å². The Morgan fingerprint density at radius 1 is 1.38 bits per heavy atom. The number of rotatable bonds is 5. The van der Waals surface area contributed by atoms with E-state index in [1.807, 2.05) is 12.1 Å². The second-order valence-corrected chi connectivity index (χ2v) is 5.27. The normalized spacial score (nSPS) is 21.5. The topological polar surface area (TPSA) is 93.3 Å². The van der Waals surface area contributed by atoms with Gasteiger partial charge in [0.25, 0.3) is 0 Å². The van der Waals surface area contributed by atoms with Crippen LogP contribution in [0.15, 0.2) is 24.5 Å². The van der Waals surface area contributed by atoms with Crippen LogP contribution < -0.4 is 27.2 Å². The average Bonchev–Trinajstić information content (AvgIpc) is 3.20. The fourth-order valence-corrected chi connectivity index (χ4v) is 2.75. The first-order valence-electron chi connectivity index (χ1n) is 7.27. The summed E-state index contributed by atoms with van der Waals surface area (Å²) in [5.41, 5.74) is 12.3. The minimum absolute atomic E-state index is 0.0143. The fourth-order valence-electron chi connectivity index (χ4n) is 2.75. The molecule has 0 spiro atoms. The summed E-state index contributed by atoms with van der Waals surface area (Å²) in [4.78, 5) is 19.0. The summed E-state index contributed by atoms with van der Waals surface area (Å²) in [5, 5.41) is 2.99. The van der Waals surface area contributed by atoms with Gasteiger partial charge in [0.1, 0.15) is 12.2 Å². The van der Waals surface area contributed by atoms with Crippen molar-refractivity contribution in [2.24, 2.45) is 0 Å². The number of hydrogen-bond acceptors (Lipinski definition) is 7. The third-order valence-corrected chi connectivity index (χ3v) is 3.79. The molecule has 8 nitrogen and oxygen atoms in total. The molecule has 0 aliphatic carbocycles. The zero-order chi connectivity index (χ0) is 14.5. The van der Waals surface area contributed by atoms with Gasteiger partial charge in [-0.15, -0.1) is 0 Å². The maximum absolute atomic E-state index is 12.6. The smallest absolute Gasteiger partial charge is 0.242 e. The van der Waals surface area contributed by atoms with Crippen LogP contribution in [0.5, 0.6) is 0 Å². The third-order valence-electron chi connectivity index (χ3n) is 3.79. The zero-order valence-electron chi connectivity index (χ0n) is 11.8. The van der Waals surface area contributed by atoms with Crippen molar-refractivity contribution in [3.8, 4) is 0 Å². The van der Waals surface area contributed by atoms with E-state index in [9.17, 15) is 4.79 Å². The van der Waals surface area contributed by atoms with Crippen molar-refractivity contribution in [3.63, 3.8) is 0 Å². The fraction of sp³-hybridized carbons (Fsp3) is 0.538. The van der Waals surface area contributed by atoms with Gasteiger partial charge >= 0.3 is 0 Å². The van der Waals surface area contributed by atoms with E-state index in [1.54, 1.807) is 12.4 Å². The lowest BCUT2D eigenvalue weighted by atomic mass is 10.1. The van der Waals surface area contributed by atoms with Crippen LogP contribution in [-0.4, -0.2) is 41.6 Å². The summed E-state index contributed by atoms with van der Waals surface area (Å²) in [5.74, 6) is 0.0143. The molecular weight excluding hydrogens is 270 g/mol. The van der Waals surface area contributed by atoms with Gasteiger partial charge in [0, 0.05) is 18.9 Å². The number of carbonyl (C=O) groups is 1. The van der Waals surface area contributed by atoms with Crippen LogP contribution in [0.2, 0.25) is 0 Å². The molecule has 1 amide bonds. The summed E-state index contributed by atoms with van der Waals surface area (Å²) in [6.45, 7) is 2.40. The van der Waals surface area contributed by atoms with Crippen LogP contribution in [0, 0.1) is 0 Å². The zero-order valence-corrected chi connectivity index (χ0v) is 11.8. The molecule has 0 bridgehead atoms. The quantitative estimate of drug-likeness (QED) is 0.464. The molecule has 0 aromatic carbocycles. The number of amides is 1. The molecule has 1 unspecified atom stereocenters. The van der Waals surface area contributed by atoms with Crippen molar-refractivity contribution in [1.82, 2.24) is 37.1 Å². The molecule has 21 heavy (non-hydrogen) atoms. The first-order chi connectivity index (χ1) is 10.3. The van der Waals surface area contributed by atoms with Crippen molar-refractivity contribution < 1.29 is 4.79 Å². The lowest BCUT2D eigenvalue weighted by Crippen LogP contribution is -2.48. The van der Waals surface area contributed by atoms with Gasteiger partial charge in [0.15, 0.2) is 0 Å². The van der Waals surface area contributed by atoms with E-state index in [4.69, 9.17) is 0 Å². The number of nitrogens with one attached hydrogen (secondary N) is 5. The highest BCUT2D eigenvalue weighted by Crippen LogP contribution is 2.24. The van der Waals surface area contributed by atoms with E-state index in [-0.39, 0.29) is 18.1 Å². The lowest BCUT2D eigenvalue weighted by molar-refractivity contribution is -0.126. The molecule has 2 aliphatic rings. The molecule has 3 heterocycles. The number of hydrazine groups is 3. The molecular formula is C13H21N7O. The first-order valence-corrected chi connectivity index (χ1v) is 7.27. The van der Waals surface area contributed by atoms with E-state index in [0.29, 0.717) is 6.54 Å². The SMILES string of the molecule is O=C(NCC1NNNN1)C(c1cccnc1)N1CCCC1. The maximum atomic E-state index is 12.6. The first kappa shape index (κ1) is 14.4. The number of likely N-dealkylation sites (tertiary alicyclic amines) is 1. The Balaban J connectivity index is 1.67. The van der Waals surface area contributed by atoms with Crippen molar-refractivity contribution in [2.45, 2.75) is 25.0 Å². The second-order valence-electron chi connectivity index (χ2n) is 5.27. The van der Waals surface area contributed by atoms with Crippen LogP contribution >= 0.6 is 0 Å². The van der Waals surface area contributed by atoms with Gasteiger partial charge < -0.3 is 5.32 Å². The molecule has 8 heteroatoms. The molecule has 1 atom stereocenters. The molecule has 2 aliphatic heterocycles. The number of pyridine rings is 1. The van der Waals surface area contributed by atoms with Crippen LogP contribution in [0.25, 0.3) is 0 Å². The largest absolute Gasteiger partial charge is 0.351 e. The molecule has 2 fully saturated rings. The van der Waals surface area contributed by atoms with E-state index in [1.165, 1.54) is 0 Å². The molecule has 3 rings (SSSR count). The number of nitrogens with zero attached hydrogens (tertiary/aromatic N) is 2. The number of carbonyl (C=O) groups excluding carboxylic acids is 1. The van der Waals surface area contributed by atoms with Crippen LogP contribution in [0.1, 0.15) is 24.4 Å². The average molecular weight is 291 g/mol. The molecule has 0 saturated carbocycles. The minimum Gasteiger partial charge on any atom is -0.351 e. The van der Waals surface area contributed by atoms with Crippen molar-refractivity contribution in [2.75, 3.05) is 19.6 Å². The van der Waals surface area contributed by atoms with Crippen molar-refractivity contribution in [3.05, 3.63) is 30.1 Å². The van der Waals surface area contributed by atoms with Gasteiger partial charge in [-0.2, -0.15) is 11.1 Å². The van der Waals surface area contributed by atoms with Gasteiger partial charge in [0.2, 0.25) is 5.91 Å². The molecule has 1 aromatic rings. The van der Waals surface area contributed by atoms with Gasteiger partial charge in [0.05, 0.1) is 0 Å². The lowest BCUT2D eigenvalue weighted by Gasteiger charge is -2.27. The third kappa shape index (κ3) is 3.55. The molecule has 2 saturated heterocycles. The Bertz CT molecular complexity index is 457. The van der Waals surface area contributed by atoms with Crippen molar-refractivity contribution in [1.29, 1.82) is 0 Å². The molecule has 0 radical (unpaired) electrons. The predicted octanol–water partition coefficient (Wildman–Crippen LogP) is -1.22. The highest BCUT2D eigenvalue weighted by atomic mass is 16.2. The van der Waals surface area contributed by atoms with Crippen LogP contribution in [-0.2, 0) is 4.79 Å². The predicted molar refractivity (Wildman–Crippen MR) is 77.1 cm³/mol. The van der Waals surface area contributed by atoms with E-state index in [0.717, 1.165) is 31.5 Å². The summed E-state index contributed by atoms with van der Waals surface area (Å²) >= 11 is 0. The number of hydrogen-bond donors (Lipinski definition) is 5. The molecule has 114 valence electrons. The van der Waals surface area contributed by atoms with Crippen molar-refractivity contribution >= 4 is 5.91 Å². The van der Waals surface area contributed by atoms with Gasteiger partial charge in [-0.3, -0.25) is 14.7 Å². The second kappa shape index (κ2) is 6.92. The Morgan fingerprint density at radius 3 is 2.81 bits per heavy atom. The van der Waals surface area contributed by atoms with Gasteiger partial charge in [-0.05, 0) is 37.6 Å². The Labute approximate surface area is 123 Å². The van der Waals surface area contributed by atoms with Gasteiger partial charge in [-0.1, -0.05) is 6.07 Å². The summed E-state index contributed by atoms with van der Waals surface area (Å²) in [6.07, 6.45) is 5.75. The Kier molecular flexibility index (Phi) is 4.73. The minimum atomic E-state index is -0.261. The van der Waals surface area contributed by atoms with E-state index >= 15 is 0 Å². The highest BCUT2D eigenvalue weighted by molar-refractivity contribution is 5.83.